The fourth-order valence-corrected chi connectivity index (χ4v) is 4.55. The molecular weight excluding hydrogens is 378 g/mol. The van der Waals surface area contributed by atoms with Gasteiger partial charge >= 0.3 is 0 Å². The van der Waals surface area contributed by atoms with Crippen LogP contribution in [-0.4, -0.2) is 4.98 Å². The van der Waals surface area contributed by atoms with Gasteiger partial charge in [0, 0.05) is 30.7 Å². The molecule has 6 rings (SSSR count). The minimum absolute atomic E-state index is 0.144. The number of aromatic nitrogens is 1. The molecule has 0 radical (unpaired) electrons. The van der Waals surface area contributed by atoms with Crippen molar-refractivity contribution >= 4 is 43.5 Å². The quantitative estimate of drug-likeness (QED) is 0.279. The average molecular weight is 404 g/mol. The number of nitrogens with zero attached hydrogens (tertiary/aromatic N) is 1. The Kier molecular flexibility index (Phi) is 3.61. The van der Waals surface area contributed by atoms with Crippen LogP contribution in [0.1, 0.15) is 22.2 Å². The number of benzene rings is 4. The maximum Gasteiger partial charge on any atom is 0.144 e. The Labute approximate surface area is 183 Å². The minimum Gasteiger partial charge on any atom is -0.455 e. The lowest BCUT2D eigenvalue weighted by Gasteiger charge is -2.07. The molecule has 4 aromatic carbocycles. The number of hydrogen-bond donors (Lipinski definition) is 0. The average Bonchev–Trinajstić information content (AvgIpc) is 3.22. The molecule has 2 aromatic heterocycles. The molecular formula is C29H23NO. The smallest absolute Gasteiger partial charge is 0.144 e. The maximum atomic E-state index is 8.51. The summed E-state index contributed by atoms with van der Waals surface area (Å²) < 4.78 is 23.6. The van der Waals surface area contributed by atoms with Gasteiger partial charge in [-0.15, -0.1) is 0 Å². The third-order valence-corrected chi connectivity index (χ3v) is 5.86. The summed E-state index contributed by atoms with van der Waals surface area (Å²) in [4.78, 5) is 4.59. The lowest BCUT2D eigenvalue weighted by Crippen LogP contribution is -1.95. The van der Waals surface area contributed by atoms with Crippen molar-refractivity contribution in [2.75, 3.05) is 0 Å². The zero-order valence-electron chi connectivity index (χ0n) is 19.5. The summed E-state index contributed by atoms with van der Waals surface area (Å²) >= 11 is 0. The monoisotopic (exact) mass is 403 g/mol. The SMILES string of the molecule is [2H]C([2H])(c1ccnc(-c2cccc3c2oc2c3ccc3ccc4ccccc4c32)c1)C(C)C. The zero-order valence-corrected chi connectivity index (χ0v) is 17.5. The van der Waals surface area contributed by atoms with Crippen LogP contribution < -0.4 is 0 Å². The van der Waals surface area contributed by atoms with Crippen LogP contribution in [0.5, 0.6) is 0 Å². The molecule has 31 heavy (non-hydrogen) atoms. The van der Waals surface area contributed by atoms with Crippen molar-refractivity contribution in [1.29, 1.82) is 0 Å². The lowest BCUT2D eigenvalue weighted by molar-refractivity contribution is 0.647. The Morgan fingerprint density at radius 1 is 0.806 bits per heavy atom. The van der Waals surface area contributed by atoms with E-state index in [-0.39, 0.29) is 5.92 Å². The van der Waals surface area contributed by atoms with Crippen LogP contribution in [0.15, 0.2) is 89.5 Å². The molecule has 0 fully saturated rings. The van der Waals surface area contributed by atoms with Crippen LogP contribution in [0.25, 0.3) is 54.7 Å². The van der Waals surface area contributed by atoms with Gasteiger partial charge < -0.3 is 4.42 Å². The first-order valence-corrected chi connectivity index (χ1v) is 10.7. The Morgan fingerprint density at radius 3 is 2.48 bits per heavy atom. The molecule has 0 saturated heterocycles. The van der Waals surface area contributed by atoms with E-state index in [4.69, 9.17) is 7.16 Å². The Morgan fingerprint density at radius 2 is 1.58 bits per heavy atom. The Hall–Kier alpha value is -3.65. The summed E-state index contributed by atoms with van der Waals surface area (Å²) in [7, 11) is 0. The summed E-state index contributed by atoms with van der Waals surface area (Å²) in [6, 6.07) is 26.7. The van der Waals surface area contributed by atoms with E-state index >= 15 is 0 Å². The molecule has 0 atom stereocenters. The molecule has 0 aliphatic rings. The Bertz CT molecular complexity index is 1680. The molecule has 0 bridgehead atoms. The van der Waals surface area contributed by atoms with E-state index in [1.807, 2.05) is 32.0 Å². The van der Waals surface area contributed by atoms with Crippen LogP contribution in [0.4, 0.5) is 0 Å². The van der Waals surface area contributed by atoms with Crippen LogP contribution >= 0.6 is 0 Å². The zero-order chi connectivity index (χ0) is 22.7. The van der Waals surface area contributed by atoms with Crippen LogP contribution in [0, 0.1) is 5.92 Å². The third kappa shape index (κ3) is 2.90. The molecule has 0 spiro atoms. The molecule has 0 amide bonds. The van der Waals surface area contributed by atoms with Crippen molar-refractivity contribution < 1.29 is 7.16 Å². The van der Waals surface area contributed by atoms with Gasteiger partial charge in [-0.2, -0.15) is 0 Å². The number of hydrogen-bond acceptors (Lipinski definition) is 2. The van der Waals surface area contributed by atoms with Crippen molar-refractivity contribution in [1.82, 2.24) is 4.98 Å². The van der Waals surface area contributed by atoms with Gasteiger partial charge in [0.2, 0.25) is 0 Å². The van der Waals surface area contributed by atoms with E-state index in [2.05, 4.69) is 59.6 Å². The van der Waals surface area contributed by atoms with Crippen molar-refractivity contribution in [3.8, 4) is 11.3 Å². The first kappa shape index (κ1) is 16.1. The first-order chi connectivity index (χ1) is 15.9. The fourth-order valence-electron chi connectivity index (χ4n) is 4.55. The van der Waals surface area contributed by atoms with Gasteiger partial charge in [0.05, 0.1) is 5.69 Å². The van der Waals surface area contributed by atoms with Crippen molar-refractivity contribution in [2.24, 2.45) is 5.92 Å². The highest BCUT2D eigenvalue weighted by Gasteiger charge is 2.16. The van der Waals surface area contributed by atoms with Crippen LogP contribution in [0.3, 0.4) is 0 Å². The normalized spacial score (nSPS) is 13.4. The van der Waals surface area contributed by atoms with E-state index < -0.39 is 6.37 Å². The van der Waals surface area contributed by atoms with E-state index in [0.717, 1.165) is 44.0 Å². The highest BCUT2D eigenvalue weighted by Crippen LogP contribution is 2.40. The van der Waals surface area contributed by atoms with Gasteiger partial charge in [-0.1, -0.05) is 68.4 Å². The van der Waals surface area contributed by atoms with Crippen LogP contribution in [-0.2, 0) is 6.37 Å². The molecule has 2 heterocycles. The second kappa shape index (κ2) is 6.95. The van der Waals surface area contributed by atoms with Gasteiger partial charge in [0.15, 0.2) is 0 Å². The van der Waals surface area contributed by atoms with E-state index in [1.165, 1.54) is 10.8 Å². The number of pyridine rings is 1. The largest absolute Gasteiger partial charge is 0.455 e. The van der Waals surface area contributed by atoms with E-state index in [0.29, 0.717) is 5.56 Å². The standard InChI is InChI=1S/C29H23NO/c1-18(2)16-19-14-15-30-26(17-19)25-9-5-8-23-24-13-12-21-11-10-20-6-3-4-7-22(20)27(21)29(24)31-28(23)25/h3-15,17-18H,16H2,1-2H3/i16D2. The van der Waals surface area contributed by atoms with Gasteiger partial charge in [-0.3, -0.25) is 4.98 Å². The van der Waals surface area contributed by atoms with Gasteiger partial charge in [0.1, 0.15) is 11.2 Å². The predicted molar refractivity (Wildman–Crippen MR) is 131 cm³/mol. The lowest BCUT2D eigenvalue weighted by atomic mass is 9.98. The van der Waals surface area contributed by atoms with E-state index in [9.17, 15) is 0 Å². The van der Waals surface area contributed by atoms with Crippen molar-refractivity contribution in [3.63, 3.8) is 0 Å². The third-order valence-electron chi connectivity index (χ3n) is 5.86. The molecule has 0 aliphatic heterocycles. The van der Waals surface area contributed by atoms with E-state index in [1.54, 1.807) is 12.3 Å². The number of para-hydroxylation sites is 1. The highest BCUT2D eigenvalue weighted by atomic mass is 16.3. The number of furan rings is 1. The summed E-state index contributed by atoms with van der Waals surface area (Å²) in [5, 5.41) is 6.73. The molecule has 150 valence electrons. The summed E-state index contributed by atoms with van der Waals surface area (Å²) in [5.41, 5.74) is 3.88. The van der Waals surface area contributed by atoms with Gasteiger partial charge in [-0.05, 0) is 58.3 Å². The fraction of sp³-hybridized carbons (Fsp3) is 0.138. The molecule has 2 nitrogen and oxygen atoms in total. The van der Waals surface area contributed by atoms with Crippen LogP contribution in [0.2, 0.25) is 0 Å². The summed E-state index contributed by atoms with van der Waals surface area (Å²) in [6.45, 7) is 3.80. The van der Waals surface area contributed by atoms with Crippen molar-refractivity contribution in [2.45, 2.75) is 20.2 Å². The maximum absolute atomic E-state index is 8.51. The second-order valence-electron chi connectivity index (χ2n) is 8.34. The molecule has 0 saturated carbocycles. The second-order valence-corrected chi connectivity index (χ2v) is 8.34. The number of rotatable bonds is 3. The predicted octanol–water partition coefficient (Wildman–Crippen LogP) is 8.15. The molecule has 6 aromatic rings. The highest BCUT2D eigenvalue weighted by molar-refractivity contribution is 6.23. The minimum atomic E-state index is -1.44. The first-order valence-electron chi connectivity index (χ1n) is 11.7. The summed E-state index contributed by atoms with van der Waals surface area (Å²) in [5.74, 6) is -0.144. The summed E-state index contributed by atoms with van der Waals surface area (Å²) in [6.07, 6.45) is 0.254. The molecule has 0 unspecified atom stereocenters. The van der Waals surface area contributed by atoms with Crippen molar-refractivity contribution in [3.05, 3.63) is 90.6 Å². The van der Waals surface area contributed by atoms with Gasteiger partial charge in [0.25, 0.3) is 0 Å². The molecule has 0 N–H and O–H groups in total. The van der Waals surface area contributed by atoms with Gasteiger partial charge in [-0.25, -0.2) is 0 Å². The topological polar surface area (TPSA) is 26.0 Å². The molecule has 2 heteroatoms. The molecule has 0 aliphatic carbocycles. The number of fused-ring (bicyclic) bond motifs is 7. The Balaban J connectivity index is 1.66.